The number of benzene rings is 1. The van der Waals surface area contributed by atoms with E-state index in [-0.39, 0.29) is 6.10 Å². The van der Waals surface area contributed by atoms with E-state index in [1.807, 2.05) is 18.2 Å². The molecule has 0 aliphatic heterocycles. The molecule has 1 aliphatic carbocycles. The van der Waals surface area contributed by atoms with Crippen LogP contribution in [0.5, 0.6) is 5.75 Å². The maximum Gasteiger partial charge on any atom is 0.142 e. The van der Waals surface area contributed by atoms with E-state index < -0.39 is 0 Å². The molecular formula is C14H18BrClO2. The minimum absolute atomic E-state index is 0.210. The summed E-state index contributed by atoms with van der Waals surface area (Å²) in [5.41, 5.74) is 1.10. The second kappa shape index (κ2) is 6.78. The van der Waals surface area contributed by atoms with Crippen LogP contribution in [0.2, 0.25) is 5.02 Å². The first-order valence-corrected chi connectivity index (χ1v) is 7.77. The fourth-order valence-electron chi connectivity index (χ4n) is 2.38. The number of methoxy groups -OCH3 is 1. The predicted octanol–water partition coefficient (Wildman–Crippen LogP) is 4.57. The molecule has 2 atom stereocenters. The fourth-order valence-corrected chi connectivity index (χ4v) is 3.06. The summed E-state index contributed by atoms with van der Waals surface area (Å²) in [7, 11) is 1.77. The highest BCUT2D eigenvalue weighted by Crippen LogP contribution is 2.33. The summed E-state index contributed by atoms with van der Waals surface area (Å²) in [6.45, 7) is 0. The van der Waals surface area contributed by atoms with Crippen molar-refractivity contribution >= 4 is 27.5 Å². The van der Waals surface area contributed by atoms with Crippen LogP contribution < -0.4 is 4.74 Å². The molecule has 4 heteroatoms. The van der Waals surface area contributed by atoms with E-state index in [2.05, 4.69) is 15.9 Å². The molecule has 2 nitrogen and oxygen atoms in total. The molecule has 1 fully saturated rings. The third kappa shape index (κ3) is 3.40. The summed E-state index contributed by atoms with van der Waals surface area (Å²) in [5, 5.41) is 1.44. The average Bonchev–Trinajstić information content (AvgIpc) is 2.41. The second-order valence-corrected chi connectivity index (χ2v) is 5.59. The summed E-state index contributed by atoms with van der Waals surface area (Å²) >= 11 is 9.69. The van der Waals surface area contributed by atoms with Crippen LogP contribution in [-0.2, 0) is 10.1 Å². The maximum absolute atomic E-state index is 6.22. The lowest BCUT2D eigenvalue weighted by molar-refractivity contribution is 0.0208. The Balaban J connectivity index is 2.09. The number of ether oxygens (including phenoxy) is 2. The van der Waals surface area contributed by atoms with Crippen molar-refractivity contribution in [3.05, 3.63) is 28.8 Å². The molecule has 0 saturated heterocycles. The van der Waals surface area contributed by atoms with Crippen molar-refractivity contribution in [1.29, 1.82) is 0 Å². The van der Waals surface area contributed by atoms with Gasteiger partial charge in [0.05, 0.1) is 11.1 Å². The molecule has 2 rings (SSSR count). The maximum atomic E-state index is 6.22. The molecule has 2 unspecified atom stereocenters. The molecule has 1 saturated carbocycles. The lowest BCUT2D eigenvalue weighted by Crippen LogP contribution is -2.29. The van der Waals surface area contributed by atoms with Crippen molar-refractivity contribution < 1.29 is 9.47 Å². The van der Waals surface area contributed by atoms with Crippen LogP contribution >= 0.6 is 27.5 Å². The van der Waals surface area contributed by atoms with Crippen molar-refractivity contribution in [3.8, 4) is 5.75 Å². The Labute approximate surface area is 122 Å². The van der Waals surface area contributed by atoms with Gasteiger partial charge in [-0.05, 0) is 25.3 Å². The summed E-state index contributed by atoms with van der Waals surface area (Å²) in [6.07, 6.45) is 4.83. The van der Waals surface area contributed by atoms with Gasteiger partial charge in [0.25, 0.3) is 0 Å². The number of alkyl halides is 1. The standard InChI is InChI=1S/C14H18BrClO2/c1-17-11-5-3-6-12(8-11)18-14-10(9-15)4-2-7-13(14)16/h2,4,7,11-12H,3,5-6,8-9H2,1H3. The fraction of sp³-hybridized carbons (Fsp3) is 0.571. The number of para-hydroxylation sites is 1. The van der Waals surface area contributed by atoms with Gasteiger partial charge in [0.2, 0.25) is 0 Å². The van der Waals surface area contributed by atoms with E-state index in [4.69, 9.17) is 21.1 Å². The van der Waals surface area contributed by atoms with Gasteiger partial charge in [-0.25, -0.2) is 0 Å². The van der Waals surface area contributed by atoms with Crippen LogP contribution in [0.25, 0.3) is 0 Å². The molecular weight excluding hydrogens is 316 g/mol. The Bertz CT molecular complexity index is 397. The quantitative estimate of drug-likeness (QED) is 0.751. The monoisotopic (exact) mass is 332 g/mol. The first kappa shape index (κ1) is 14.2. The molecule has 18 heavy (non-hydrogen) atoms. The van der Waals surface area contributed by atoms with Crippen molar-refractivity contribution in [1.82, 2.24) is 0 Å². The molecule has 0 bridgehead atoms. The van der Waals surface area contributed by atoms with E-state index in [1.54, 1.807) is 7.11 Å². The van der Waals surface area contributed by atoms with E-state index in [9.17, 15) is 0 Å². The zero-order chi connectivity index (χ0) is 13.0. The summed E-state index contributed by atoms with van der Waals surface area (Å²) in [5.74, 6) is 0.817. The third-order valence-corrected chi connectivity index (χ3v) is 4.29. The van der Waals surface area contributed by atoms with Gasteiger partial charge in [-0.2, -0.15) is 0 Å². The molecule has 0 heterocycles. The zero-order valence-corrected chi connectivity index (χ0v) is 12.8. The van der Waals surface area contributed by atoms with Crippen LogP contribution in [0.15, 0.2) is 18.2 Å². The highest BCUT2D eigenvalue weighted by Gasteiger charge is 2.24. The Hall–Kier alpha value is -0.250. The molecule has 0 N–H and O–H groups in total. The zero-order valence-electron chi connectivity index (χ0n) is 10.5. The number of hydrogen-bond acceptors (Lipinski definition) is 2. The number of hydrogen-bond donors (Lipinski definition) is 0. The van der Waals surface area contributed by atoms with Gasteiger partial charge in [-0.1, -0.05) is 39.7 Å². The third-order valence-electron chi connectivity index (χ3n) is 3.39. The lowest BCUT2D eigenvalue weighted by atomic mass is 9.95. The first-order valence-electron chi connectivity index (χ1n) is 6.27. The lowest BCUT2D eigenvalue weighted by Gasteiger charge is -2.29. The Kier molecular flexibility index (Phi) is 5.34. The van der Waals surface area contributed by atoms with E-state index in [0.717, 1.165) is 42.3 Å². The topological polar surface area (TPSA) is 18.5 Å². The summed E-state index contributed by atoms with van der Waals surface area (Å²) in [6, 6.07) is 5.86. The Morgan fingerprint density at radius 3 is 2.83 bits per heavy atom. The molecule has 0 amide bonds. The number of rotatable bonds is 4. The van der Waals surface area contributed by atoms with Crippen molar-refractivity contribution in [2.75, 3.05) is 7.11 Å². The minimum atomic E-state index is 0.210. The second-order valence-electron chi connectivity index (χ2n) is 4.63. The Morgan fingerprint density at radius 1 is 1.33 bits per heavy atom. The largest absolute Gasteiger partial charge is 0.488 e. The predicted molar refractivity (Wildman–Crippen MR) is 77.8 cm³/mol. The summed E-state index contributed by atoms with van der Waals surface area (Å²) < 4.78 is 11.5. The minimum Gasteiger partial charge on any atom is -0.488 e. The van der Waals surface area contributed by atoms with Crippen molar-refractivity contribution in [3.63, 3.8) is 0 Å². The molecule has 0 aromatic heterocycles. The van der Waals surface area contributed by atoms with Gasteiger partial charge >= 0.3 is 0 Å². The first-order chi connectivity index (χ1) is 8.74. The van der Waals surface area contributed by atoms with Crippen LogP contribution in [0, 0.1) is 0 Å². The van der Waals surface area contributed by atoms with Gasteiger partial charge in [0.15, 0.2) is 0 Å². The van der Waals surface area contributed by atoms with Gasteiger partial charge in [-0.3, -0.25) is 0 Å². The van der Waals surface area contributed by atoms with E-state index in [0.29, 0.717) is 11.1 Å². The smallest absolute Gasteiger partial charge is 0.142 e. The summed E-state index contributed by atoms with van der Waals surface area (Å²) in [4.78, 5) is 0. The molecule has 1 aliphatic rings. The Morgan fingerprint density at radius 2 is 2.11 bits per heavy atom. The van der Waals surface area contributed by atoms with Gasteiger partial charge < -0.3 is 9.47 Å². The highest BCUT2D eigenvalue weighted by atomic mass is 79.9. The van der Waals surface area contributed by atoms with E-state index >= 15 is 0 Å². The molecule has 0 spiro atoms. The van der Waals surface area contributed by atoms with Crippen LogP contribution in [-0.4, -0.2) is 19.3 Å². The molecule has 1 aromatic carbocycles. The average molecular weight is 334 g/mol. The molecule has 0 radical (unpaired) electrons. The van der Waals surface area contributed by atoms with Crippen molar-refractivity contribution in [2.24, 2.45) is 0 Å². The normalized spacial score (nSPS) is 23.9. The van der Waals surface area contributed by atoms with Gasteiger partial charge in [0, 0.05) is 24.4 Å². The van der Waals surface area contributed by atoms with Gasteiger partial charge in [0.1, 0.15) is 11.9 Å². The number of halogens is 2. The SMILES string of the molecule is COC1CCCC(Oc2c(Cl)cccc2CBr)C1. The van der Waals surface area contributed by atoms with Gasteiger partial charge in [-0.15, -0.1) is 0 Å². The molecule has 100 valence electrons. The van der Waals surface area contributed by atoms with Crippen LogP contribution in [0.3, 0.4) is 0 Å². The van der Waals surface area contributed by atoms with Crippen molar-refractivity contribution in [2.45, 2.75) is 43.2 Å². The van der Waals surface area contributed by atoms with Crippen LogP contribution in [0.1, 0.15) is 31.2 Å². The van der Waals surface area contributed by atoms with Crippen LogP contribution in [0.4, 0.5) is 0 Å². The van der Waals surface area contributed by atoms with E-state index in [1.165, 1.54) is 0 Å². The highest BCUT2D eigenvalue weighted by molar-refractivity contribution is 9.08. The molecule has 1 aromatic rings.